The number of aliphatic hydroxyl groups excluding tert-OH is 1. The summed E-state index contributed by atoms with van der Waals surface area (Å²) < 4.78 is 27.4. The van der Waals surface area contributed by atoms with Gasteiger partial charge in [0.15, 0.2) is 0 Å². The molecule has 0 fully saturated rings. The molecule has 7 nitrogen and oxygen atoms in total. The van der Waals surface area contributed by atoms with Crippen LogP contribution in [0.3, 0.4) is 0 Å². The smallest absolute Gasteiger partial charge is 0.243 e. The Balaban J connectivity index is 2.21. The fourth-order valence-corrected chi connectivity index (χ4v) is 4.54. The highest BCUT2D eigenvalue weighted by molar-refractivity contribution is 7.89. The van der Waals surface area contributed by atoms with E-state index in [9.17, 15) is 18.6 Å². The first-order chi connectivity index (χ1) is 13.1. The summed E-state index contributed by atoms with van der Waals surface area (Å²) in [6, 6.07) is 12.6. The van der Waals surface area contributed by atoms with Crippen LogP contribution >= 0.6 is 0 Å². The van der Waals surface area contributed by atoms with E-state index in [2.05, 4.69) is 0 Å². The fraction of sp³-hybridized carbons (Fsp3) is 0.400. The van der Waals surface area contributed by atoms with E-state index in [4.69, 9.17) is 11.5 Å². The first kappa shape index (κ1) is 22.2. The van der Waals surface area contributed by atoms with Gasteiger partial charge in [0, 0.05) is 19.1 Å². The molecule has 2 atom stereocenters. The van der Waals surface area contributed by atoms with Crippen molar-refractivity contribution in [1.29, 1.82) is 0 Å². The first-order valence-electron chi connectivity index (χ1n) is 9.17. The standard InChI is InChI=1S/C20H29N3O4S/c1-14(2)12-23(28(26,27)16-8-9-19(24)18(22)11-16)13-20(25)17(21)10-15-6-4-3-5-7-15/h3-9,11,14,17,20,24-25H,10,12-13,21-22H2,1-2H3/t17-,20+/m0/s1. The number of nitrogen functional groups attached to an aromatic ring is 1. The number of phenolic OH excluding ortho intramolecular Hbond substituents is 1. The molecule has 6 N–H and O–H groups in total. The zero-order chi connectivity index (χ0) is 20.9. The summed E-state index contributed by atoms with van der Waals surface area (Å²) in [6.45, 7) is 3.88. The van der Waals surface area contributed by atoms with Crippen molar-refractivity contribution in [1.82, 2.24) is 4.31 Å². The summed E-state index contributed by atoms with van der Waals surface area (Å²) >= 11 is 0. The minimum Gasteiger partial charge on any atom is -0.506 e. The molecule has 0 saturated heterocycles. The van der Waals surface area contributed by atoms with Crippen LogP contribution in [0.2, 0.25) is 0 Å². The molecule has 0 saturated carbocycles. The van der Waals surface area contributed by atoms with Gasteiger partial charge < -0.3 is 21.7 Å². The first-order valence-corrected chi connectivity index (χ1v) is 10.6. The number of sulfonamides is 1. The van der Waals surface area contributed by atoms with Gasteiger partial charge in [0.05, 0.1) is 16.7 Å². The molecule has 0 amide bonds. The van der Waals surface area contributed by atoms with Gasteiger partial charge in [-0.15, -0.1) is 0 Å². The molecule has 0 aliphatic heterocycles. The van der Waals surface area contributed by atoms with Gasteiger partial charge in [-0.2, -0.15) is 4.31 Å². The van der Waals surface area contributed by atoms with Crippen LogP contribution < -0.4 is 11.5 Å². The Hall–Kier alpha value is -2.13. The molecule has 0 heterocycles. The average Bonchev–Trinajstić information content (AvgIpc) is 2.63. The minimum absolute atomic E-state index is 0.0214. The highest BCUT2D eigenvalue weighted by Crippen LogP contribution is 2.26. The zero-order valence-corrected chi connectivity index (χ0v) is 17.0. The Morgan fingerprint density at radius 2 is 1.71 bits per heavy atom. The molecule has 2 aromatic carbocycles. The average molecular weight is 408 g/mol. The summed E-state index contributed by atoms with van der Waals surface area (Å²) in [7, 11) is -3.91. The molecular weight excluding hydrogens is 378 g/mol. The molecule has 0 aliphatic rings. The fourth-order valence-electron chi connectivity index (χ4n) is 2.89. The molecule has 28 heavy (non-hydrogen) atoms. The summed E-state index contributed by atoms with van der Waals surface area (Å²) in [4.78, 5) is -0.0349. The maximum Gasteiger partial charge on any atom is 0.243 e. The number of hydrogen-bond donors (Lipinski definition) is 4. The van der Waals surface area contributed by atoms with E-state index in [-0.39, 0.29) is 35.3 Å². The van der Waals surface area contributed by atoms with Gasteiger partial charge in [-0.25, -0.2) is 8.42 Å². The Bertz CT molecular complexity index is 872. The van der Waals surface area contributed by atoms with E-state index in [1.165, 1.54) is 22.5 Å². The van der Waals surface area contributed by atoms with E-state index in [0.717, 1.165) is 5.56 Å². The molecule has 0 aliphatic carbocycles. The van der Waals surface area contributed by atoms with Crippen molar-refractivity contribution >= 4 is 15.7 Å². The van der Waals surface area contributed by atoms with Crippen molar-refractivity contribution in [3.8, 4) is 5.75 Å². The summed E-state index contributed by atoms with van der Waals surface area (Å²) in [5.74, 6) is -0.138. The number of aliphatic hydroxyl groups is 1. The minimum atomic E-state index is -3.91. The van der Waals surface area contributed by atoms with Gasteiger partial charge in [0.1, 0.15) is 5.75 Å². The Labute approximate surface area is 166 Å². The number of aromatic hydroxyl groups is 1. The molecule has 2 rings (SSSR count). The van der Waals surface area contributed by atoms with Crippen LogP contribution in [0.1, 0.15) is 19.4 Å². The van der Waals surface area contributed by atoms with Crippen LogP contribution in [-0.2, 0) is 16.4 Å². The normalized spacial score (nSPS) is 14.4. The number of phenols is 1. The van der Waals surface area contributed by atoms with Crippen molar-refractivity contribution in [2.75, 3.05) is 18.8 Å². The molecule has 0 spiro atoms. The second kappa shape index (κ2) is 9.38. The largest absolute Gasteiger partial charge is 0.506 e. The Kier molecular flexibility index (Phi) is 7.42. The number of nitrogens with zero attached hydrogens (tertiary/aromatic N) is 1. The van der Waals surface area contributed by atoms with Gasteiger partial charge in [0.25, 0.3) is 0 Å². The van der Waals surface area contributed by atoms with E-state index < -0.39 is 22.2 Å². The van der Waals surface area contributed by atoms with Gasteiger partial charge in [0.2, 0.25) is 10.0 Å². The molecule has 0 aromatic heterocycles. The van der Waals surface area contributed by atoms with Crippen molar-refractivity contribution < 1.29 is 18.6 Å². The molecule has 2 aromatic rings. The van der Waals surface area contributed by atoms with E-state index in [1.807, 2.05) is 44.2 Å². The summed E-state index contributed by atoms with van der Waals surface area (Å²) in [6.07, 6.45) is -0.604. The Morgan fingerprint density at radius 1 is 1.07 bits per heavy atom. The van der Waals surface area contributed by atoms with E-state index in [1.54, 1.807) is 0 Å². The van der Waals surface area contributed by atoms with Crippen LogP contribution in [0.25, 0.3) is 0 Å². The second-order valence-corrected chi connectivity index (χ2v) is 9.30. The van der Waals surface area contributed by atoms with Crippen LogP contribution in [0.15, 0.2) is 53.4 Å². The van der Waals surface area contributed by atoms with Crippen LogP contribution in [-0.4, -0.2) is 48.2 Å². The third kappa shape index (κ3) is 5.68. The van der Waals surface area contributed by atoms with Crippen LogP contribution in [0.5, 0.6) is 5.75 Å². The molecule has 154 valence electrons. The molecule has 0 bridgehead atoms. The van der Waals surface area contributed by atoms with Crippen molar-refractivity contribution in [2.24, 2.45) is 11.7 Å². The van der Waals surface area contributed by atoms with Gasteiger partial charge in [-0.3, -0.25) is 0 Å². The number of benzene rings is 2. The highest BCUT2D eigenvalue weighted by atomic mass is 32.2. The summed E-state index contributed by atoms with van der Waals surface area (Å²) in [5, 5.41) is 20.1. The third-order valence-electron chi connectivity index (χ3n) is 4.40. The lowest BCUT2D eigenvalue weighted by Gasteiger charge is -2.29. The molecule has 8 heteroatoms. The van der Waals surface area contributed by atoms with Gasteiger partial charge in [-0.1, -0.05) is 44.2 Å². The van der Waals surface area contributed by atoms with Crippen molar-refractivity contribution in [2.45, 2.75) is 37.3 Å². The summed E-state index contributed by atoms with van der Waals surface area (Å²) in [5.41, 5.74) is 12.7. The van der Waals surface area contributed by atoms with E-state index >= 15 is 0 Å². The maximum atomic E-state index is 13.1. The van der Waals surface area contributed by atoms with Crippen LogP contribution in [0, 0.1) is 5.92 Å². The maximum absolute atomic E-state index is 13.1. The quantitative estimate of drug-likeness (QED) is 0.369. The predicted octanol–water partition coefficient (Wildman–Crippen LogP) is 1.55. The van der Waals surface area contributed by atoms with Crippen LogP contribution in [0.4, 0.5) is 5.69 Å². The topological polar surface area (TPSA) is 130 Å². The lowest BCUT2D eigenvalue weighted by Crippen LogP contribution is -2.47. The van der Waals surface area contributed by atoms with Crippen molar-refractivity contribution in [3.63, 3.8) is 0 Å². The lowest BCUT2D eigenvalue weighted by molar-refractivity contribution is 0.116. The predicted molar refractivity (Wildman–Crippen MR) is 110 cm³/mol. The number of anilines is 1. The lowest BCUT2D eigenvalue weighted by atomic mass is 10.0. The Morgan fingerprint density at radius 3 is 2.29 bits per heavy atom. The number of hydrogen-bond acceptors (Lipinski definition) is 6. The second-order valence-electron chi connectivity index (χ2n) is 7.36. The molecule has 0 unspecified atom stereocenters. The molecule has 0 radical (unpaired) electrons. The third-order valence-corrected chi connectivity index (χ3v) is 6.23. The van der Waals surface area contributed by atoms with Gasteiger partial charge in [-0.05, 0) is 36.1 Å². The van der Waals surface area contributed by atoms with Crippen molar-refractivity contribution in [3.05, 3.63) is 54.1 Å². The zero-order valence-electron chi connectivity index (χ0n) is 16.2. The monoisotopic (exact) mass is 407 g/mol. The SMILES string of the molecule is CC(C)CN(C[C@@H](O)[C@@H](N)Cc1ccccc1)S(=O)(=O)c1ccc(O)c(N)c1. The highest BCUT2D eigenvalue weighted by Gasteiger charge is 2.29. The molecular formula is C20H29N3O4S. The number of nitrogens with two attached hydrogens (primary N) is 2. The van der Waals surface area contributed by atoms with E-state index in [0.29, 0.717) is 6.42 Å². The number of rotatable bonds is 9. The van der Waals surface area contributed by atoms with Gasteiger partial charge >= 0.3 is 0 Å².